The number of phenols is 1. The SMILES string of the molecule is O=C(Nc1cccc(O)c1)c1cc(Br)cnc1Cl. The first-order valence-electron chi connectivity index (χ1n) is 4.97. The van der Waals surface area contributed by atoms with Crippen molar-refractivity contribution in [2.45, 2.75) is 0 Å². The summed E-state index contributed by atoms with van der Waals surface area (Å²) in [6, 6.07) is 7.83. The molecule has 2 aromatic rings. The number of pyridine rings is 1. The molecule has 1 heterocycles. The lowest BCUT2D eigenvalue weighted by molar-refractivity contribution is 0.102. The van der Waals surface area contributed by atoms with Crippen molar-refractivity contribution in [2.24, 2.45) is 0 Å². The van der Waals surface area contributed by atoms with Crippen LogP contribution >= 0.6 is 27.5 Å². The molecule has 18 heavy (non-hydrogen) atoms. The molecule has 0 aliphatic heterocycles. The molecule has 0 spiro atoms. The van der Waals surface area contributed by atoms with E-state index in [1.807, 2.05) is 0 Å². The van der Waals surface area contributed by atoms with E-state index in [-0.39, 0.29) is 22.4 Å². The summed E-state index contributed by atoms with van der Waals surface area (Å²) in [7, 11) is 0. The van der Waals surface area contributed by atoms with Crippen LogP contribution in [0.3, 0.4) is 0 Å². The van der Waals surface area contributed by atoms with E-state index in [0.717, 1.165) is 0 Å². The summed E-state index contributed by atoms with van der Waals surface area (Å²) < 4.78 is 0.660. The van der Waals surface area contributed by atoms with Crippen LogP contribution in [0.15, 0.2) is 41.0 Å². The fraction of sp³-hybridized carbons (Fsp3) is 0. The summed E-state index contributed by atoms with van der Waals surface area (Å²) in [6.45, 7) is 0. The smallest absolute Gasteiger partial charge is 0.258 e. The molecule has 6 heteroatoms. The zero-order chi connectivity index (χ0) is 13.1. The molecule has 92 valence electrons. The van der Waals surface area contributed by atoms with Gasteiger partial charge in [0.2, 0.25) is 0 Å². The van der Waals surface area contributed by atoms with Crippen LogP contribution in [-0.2, 0) is 0 Å². The summed E-state index contributed by atoms with van der Waals surface area (Å²) in [4.78, 5) is 15.8. The number of nitrogens with zero attached hydrogens (tertiary/aromatic N) is 1. The molecule has 0 aliphatic rings. The van der Waals surface area contributed by atoms with Crippen molar-refractivity contribution < 1.29 is 9.90 Å². The predicted molar refractivity (Wildman–Crippen MR) is 73.0 cm³/mol. The Morgan fingerprint density at radius 2 is 2.17 bits per heavy atom. The van der Waals surface area contributed by atoms with Gasteiger partial charge in [-0.15, -0.1) is 0 Å². The third-order valence-corrected chi connectivity index (χ3v) is 2.89. The summed E-state index contributed by atoms with van der Waals surface area (Å²) in [5.41, 5.74) is 0.741. The summed E-state index contributed by atoms with van der Waals surface area (Å²) in [6.07, 6.45) is 1.51. The van der Waals surface area contributed by atoms with Gasteiger partial charge in [-0.1, -0.05) is 17.7 Å². The van der Waals surface area contributed by atoms with Crippen molar-refractivity contribution in [3.8, 4) is 5.75 Å². The minimum atomic E-state index is -0.389. The highest BCUT2D eigenvalue weighted by Gasteiger charge is 2.12. The topological polar surface area (TPSA) is 62.2 Å². The Morgan fingerprint density at radius 1 is 1.39 bits per heavy atom. The average molecular weight is 328 g/mol. The Morgan fingerprint density at radius 3 is 2.89 bits per heavy atom. The second kappa shape index (κ2) is 5.37. The number of phenolic OH excluding ortho intramolecular Hbond substituents is 1. The number of carbonyl (C=O) groups excluding carboxylic acids is 1. The number of hydrogen-bond acceptors (Lipinski definition) is 3. The predicted octanol–water partition coefficient (Wildman–Crippen LogP) is 3.46. The lowest BCUT2D eigenvalue weighted by atomic mass is 10.2. The Hall–Kier alpha value is -1.59. The Bertz CT molecular complexity index is 604. The number of benzene rings is 1. The first-order valence-corrected chi connectivity index (χ1v) is 6.15. The number of aromatic hydroxyl groups is 1. The molecule has 2 N–H and O–H groups in total. The summed E-state index contributed by atoms with van der Waals surface area (Å²) in [5, 5.41) is 12.0. The lowest BCUT2D eigenvalue weighted by Gasteiger charge is -2.06. The molecule has 1 aromatic carbocycles. The van der Waals surface area contributed by atoms with Gasteiger partial charge in [0.1, 0.15) is 10.9 Å². The highest BCUT2D eigenvalue weighted by atomic mass is 79.9. The van der Waals surface area contributed by atoms with E-state index in [2.05, 4.69) is 26.2 Å². The monoisotopic (exact) mass is 326 g/mol. The van der Waals surface area contributed by atoms with E-state index >= 15 is 0 Å². The fourth-order valence-corrected chi connectivity index (χ4v) is 1.88. The molecule has 1 aromatic heterocycles. The Kier molecular flexibility index (Phi) is 3.84. The zero-order valence-corrected chi connectivity index (χ0v) is 11.4. The molecule has 0 unspecified atom stereocenters. The number of anilines is 1. The molecule has 2 rings (SSSR count). The molecular weight excluding hydrogens is 320 g/mol. The summed E-state index contributed by atoms with van der Waals surface area (Å²) in [5.74, 6) is -0.314. The van der Waals surface area contributed by atoms with Crippen molar-refractivity contribution in [3.63, 3.8) is 0 Å². The number of halogens is 2. The van der Waals surface area contributed by atoms with E-state index < -0.39 is 0 Å². The van der Waals surface area contributed by atoms with E-state index in [9.17, 15) is 9.90 Å². The standard InChI is InChI=1S/C12H8BrClN2O2/c13-7-4-10(11(14)15-6-7)12(18)16-8-2-1-3-9(17)5-8/h1-6,17H,(H,16,18). The van der Waals surface area contributed by atoms with Crippen molar-refractivity contribution in [1.29, 1.82) is 0 Å². The second-order valence-corrected chi connectivity index (χ2v) is 4.77. The molecule has 0 aliphatic carbocycles. The average Bonchev–Trinajstić information content (AvgIpc) is 2.32. The van der Waals surface area contributed by atoms with Crippen molar-refractivity contribution >= 4 is 39.1 Å². The molecule has 0 fully saturated rings. The number of carbonyl (C=O) groups is 1. The van der Waals surface area contributed by atoms with Crippen LogP contribution in [0.5, 0.6) is 5.75 Å². The second-order valence-electron chi connectivity index (χ2n) is 3.50. The van der Waals surface area contributed by atoms with E-state index in [4.69, 9.17) is 11.6 Å². The van der Waals surface area contributed by atoms with Crippen LogP contribution < -0.4 is 5.32 Å². The van der Waals surface area contributed by atoms with Crippen molar-refractivity contribution in [1.82, 2.24) is 4.98 Å². The van der Waals surface area contributed by atoms with Crippen LogP contribution in [0.25, 0.3) is 0 Å². The number of aromatic nitrogens is 1. The molecule has 0 saturated carbocycles. The van der Waals surface area contributed by atoms with Crippen molar-refractivity contribution in [3.05, 3.63) is 51.7 Å². The van der Waals surface area contributed by atoms with Crippen LogP contribution in [0.2, 0.25) is 5.15 Å². The van der Waals surface area contributed by atoms with Crippen LogP contribution in [0.1, 0.15) is 10.4 Å². The summed E-state index contributed by atoms with van der Waals surface area (Å²) >= 11 is 9.07. The first kappa shape index (κ1) is 12.9. The van der Waals surface area contributed by atoms with Crippen LogP contribution in [-0.4, -0.2) is 16.0 Å². The van der Waals surface area contributed by atoms with E-state index in [0.29, 0.717) is 10.2 Å². The number of hydrogen-bond donors (Lipinski definition) is 2. The largest absolute Gasteiger partial charge is 0.508 e. The van der Waals surface area contributed by atoms with Gasteiger partial charge < -0.3 is 10.4 Å². The van der Waals surface area contributed by atoms with Gasteiger partial charge in [-0.05, 0) is 34.1 Å². The van der Waals surface area contributed by atoms with Gasteiger partial charge in [0.15, 0.2) is 0 Å². The number of nitrogens with one attached hydrogen (secondary N) is 1. The van der Waals surface area contributed by atoms with Gasteiger partial charge in [0.05, 0.1) is 5.56 Å². The first-order chi connectivity index (χ1) is 8.56. The Labute approximate surface area is 117 Å². The third kappa shape index (κ3) is 3.00. The molecule has 0 bridgehead atoms. The highest BCUT2D eigenvalue weighted by molar-refractivity contribution is 9.10. The molecule has 1 amide bonds. The minimum absolute atomic E-state index is 0.0752. The Balaban J connectivity index is 2.24. The maximum atomic E-state index is 12.0. The quantitative estimate of drug-likeness (QED) is 0.830. The highest BCUT2D eigenvalue weighted by Crippen LogP contribution is 2.21. The lowest BCUT2D eigenvalue weighted by Crippen LogP contribution is -2.12. The van der Waals surface area contributed by atoms with Crippen LogP contribution in [0.4, 0.5) is 5.69 Å². The number of rotatable bonds is 2. The molecule has 0 radical (unpaired) electrons. The van der Waals surface area contributed by atoms with Gasteiger partial charge >= 0.3 is 0 Å². The normalized spacial score (nSPS) is 10.1. The van der Waals surface area contributed by atoms with Gasteiger partial charge in [-0.3, -0.25) is 4.79 Å². The van der Waals surface area contributed by atoms with E-state index in [1.54, 1.807) is 18.2 Å². The minimum Gasteiger partial charge on any atom is -0.508 e. The van der Waals surface area contributed by atoms with Gasteiger partial charge in [-0.25, -0.2) is 4.98 Å². The number of amides is 1. The van der Waals surface area contributed by atoms with E-state index in [1.165, 1.54) is 18.3 Å². The molecule has 4 nitrogen and oxygen atoms in total. The van der Waals surface area contributed by atoms with Gasteiger partial charge in [-0.2, -0.15) is 0 Å². The fourth-order valence-electron chi connectivity index (χ4n) is 1.36. The molecule has 0 saturated heterocycles. The van der Waals surface area contributed by atoms with Crippen LogP contribution in [0, 0.1) is 0 Å². The van der Waals surface area contributed by atoms with Crippen molar-refractivity contribution in [2.75, 3.05) is 5.32 Å². The zero-order valence-electron chi connectivity index (χ0n) is 9.02. The maximum absolute atomic E-state index is 12.0. The van der Waals surface area contributed by atoms with Gasteiger partial charge in [0.25, 0.3) is 5.91 Å². The molecular formula is C12H8BrClN2O2. The van der Waals surface area contributed by atoms with Gasteiger partial charge in [0, 0.05) is 22.4 Å². The maximum Gasteiger partial charge on any atom is 0.258 e. The molecule has 0 atom stereocenters. The third-order valence-electron chi connectivity index (χ3n) is 2.15.